The number of rotatable bonds is 1. The summed E-state index contributed by atoms with van der Waals surface area (Å²) < 4.78 is 1.04. The van der Waals surface area contributed by atoms with E-state index in [0.29, 0.717) is 5.56 Å². The van der Waals surface area contributed by atoms with E-state index in [0.717, 1.165) is 15.8 Å². The van der Waals surface area contributed by atoms with Crippen LogP contribution in [0, 0.1) is 6.92 Å². The molecular weight excluding hydrogens is 206 g/mol. The molecule has 0 radical (unpaired) electrons. The highest BCUT2D eigenvalue weighted by molar-refractivity contribution is 5.63. The number of aromatic amines is 1. The Balaban J connectivity index is 2.77. The van der Waals surface area contributed by atoms with Gasteiger partial charge in [0.15, 0.2) is 0 Å². The van der Waals surface area contributed by atoms with Crippen molar-refractivity contribution >= 4 is 0 Å². The lowest BCUT2D eigenvalue weighted by Crippen LogP contribution is -2.33. The fourth-order valence-electron chi connectivity index (χ4n) is 1.53. The van der Waals surface area contributed by atoms with Gasteiger partial charge in [-0.25, -0.2) is 4.79 Å². The van der Waals surface area contributed by atoms with E-state index in [4.69, 9.17) is 0 Å². The second-order valence-corrected chi connectivity index (χ2v) is 3.51. The summed E-state index contributed by atoms with van der Waals surface area (Å²) in [4.78, 5) is 29.7. The molecule has 0 aliphatic carbocycles. The zero-order valence-corrected chi connectivity index (χ0v) is 9.02. The summed E-state index contributed by atoms with van der Waals surface area (Å²) >= 11 is 0. The monoisotopic (exact) mass is 217 g/mol. The Morgan fingerprint density at radius 2 is 2.06 bits per heavy atom. The van der Waals surface area contributed by atoms with E-state index in [9.17, 15) is 9.59 Å². The molecule has 2 aromatic heterocycles. The van der Waals surface area contributed by atoms with Crippen LogP contribution in [0.1, 0.15) is 5.69 Å². The molecule has 2 heterocycles. The van der Waals surface area contributed by atoms with E-state index >= 15 is 0 Å². The second kappa shape index (κ2) is 3.77. The van der Waals surface area contributed by atoms with Gasteiger partial charge in [-0.05, 0) is 13.0 Å². The van der Waals surface area contributed by atoms with Crippen LogP contribution >= 0.6 is 0 Å². The molecule has 0 atom stereocenters. The van der Waals surface area contributed by atoms with Crippen molar-refractivity contribution in [3.05, 3.63) is 51.1 Å². The van der Waals surface area contributed by atoms with Crippen LogP contribution < -0.4 is 11.2 Å². The summed E-state index contributed by atoms with van der Waals surface area (Å²) in [6, 6.07) is 3.56. The lowest BCUT2D eigenvalue weighted by Gasteiger charge is -2.04. The average molecular weight is 217 g/mol. The smallest absolute Gasteiger partial charge is 0.313 e. The van der Waals surface area contributed by atoms with Crippen molar-refractivity contribution in [2.24, 2.45) is 7.05 Å². The number of hydrogen-bond acceptors (Lipinski definition) is 3. The minimum absolute atomic E-state index is 0.320. The molecule has 0 unspecified atom stereocenters. The number of nitrogens with zero attached hydrogens (tertiary/aromatic N) is 2. The summed E-state index contributed by atoms with van der Waals surface area (Å²) in [5.74, 6) is 0. The third kappa shape index (κ3) is 1.56. The largest absolute Gasteiger partial charge is 0.328 e. The number of H-pyrrole nitrogens is 1. The maximum atomic E-state index is 11.9. The zero-order valence-electron chi connectivity index (χ0n) is 9.02. The Hall–Kier alpha value is -2.17. The molecule has 82 valence electrons. The molecule has 0 spiro atoms. The first-order chi connectivity index (χ1) is 7.61. The zero-order chi connectivity index (χ0) is 11.7. The van der Waals surface area contributed by atoms with Crippen molar-refractivity contribution < 1.29 is 0 Å². The summed E-state index contributed by atoms with van der Waals surface area (Å²) in [5.41, 5.74) is 1.20. The van der Waals surface area contributed by atoms with Crippen LogP contribution in [0.3, 0.4) is 0 Å². The molecule has 0 aliphatic heterocycles. The van der Waals surface area contributed by atoms with Gasteiger partial charge in [0, 0.05) is 30.7 Å². The second-order valence-electron chi connectivity index (χ2n) is 3.51. The van der Waals surface area contributed by atoms with Gasteiger partial charge in [-0.3, -0.25) is 14.3 Å². The van der Waals surface area contributed by atoms with Gasteiger partial charge < -0.3 is 4.98 Å². The quantitative estimate of drug-likeness (QED) is 0.753. The summed E-state index contributed by atoms with van der Waals surface area (Å²) in [7, 11) is 1.44. The topological polar surface area (TPSA) is 67.8 Å². The predicted octanol–water partition coefficient (Wildman–Crippen LogP) is 0.444. The minimum Gasteiger partial charge on any atom is -0.313 e. The maximum absolute atomic E-state index is 11.9. The molecule has 0 saturated carbocycles. The molecule has 0 aliphatic rings. The summed E-state index contributed by atoms with van der Waals surface area (Å²) in [6.45, 7) is 1.82. The normalized spacial score (nSPS) is 10.4. The molecular formula is C11H11N3O2. The molecule has 0 amide bonds. The van der Waals surface area contributed by atoms with Crippen LogP contribution in [-0.4, -0.2) is 14.5 Å². The van der Waals surface area contributed by atoms with E-state index < -0.39 is 5.69 Å². The van der Waals surface area contributed by atoms with Crippen molar-refractivity contribution in [3.63, 3.8) is 0 Å². The average Bonchev–Trinajstić information content (AvgIpc) is 2.28. The van der Waals surface area contributed by atoms with E-state index in [2.05, 4.69) is 9.97 Å². The molecule has 0 fully saturated rings. The Morgan fingerprint density at radius 3 is 2.75 bits per heavy atom. The molecule has 5 nitrogen and oxygen atoms in total. The summed E-state index contributed by atoms with van der Waals surface area (Å²) in [6.07, 6.45) is 3.09. The molecule has 2 aromatic rings. The SMILES string of the molecule is Cc1ncccc1-c1c[nH]c(=O)n(C)c1=O. The molecule has 2 rings (SSSR count). The van der Waals surface area contributed by atoms with E-state index in [-0.39, 0.29) is 5.56 Å². The van der Waals surface area contributed by atoms with Gasteiger partial charge in [0.05, 0.1) is 5.56 Å². The van der Waals surface area contributed by atoms with Crippen LogP contribution in [0.25, 0.3) is 11.1 Å². The first-order valence-electron chi connectivity index (χ1n) is 4.82. The Bertz CT molecular complexity index is 640. The minimum atomic E-state index is -0.421. The van der Waals surface area contributed by atoms with Gasteiger partial charge in [0.25, 0.3) is 5.56 Å². The molecule has 0 saturated heterocycles. The number of nitrogens with one attached hydrogen (secondary N) is 1. The van der Waals surface area contributed by atoms with Gasteiger partial charge in [0.1, 0.15) is 0 Å². The lowest BCUT2D eigenvalue weighted by molar-refractivity contribution is 0.778. The van der Waals surface area contributed by atoms with Crippen LogP contribution in [0.2, 0.25) is 0 Å². The number of aryl methyl sites for hydroxylation is 1. The molecule has 0 aromatic carbocycles. The Morgan fingerprint density at radius 1 is 1.31 bits per heavy atom. The van der Waals surface area contributed by atoms with Gasteiger partial charge in [0.2, 0.25) is 0 Å². The highest BCUT2D eigenvalue weighted by Gasteiger charge is 2.08. The number of aromatic nitrogens is 3. The van der Waals surface area contributed by atoms with Crippen molar-refractivity contribution in [2.45, 2.75) is 6.92 Å². The number of hydrogen-bond donors (Lipinski definition) is 1. The molecule has 16 heavy (non-hydrogen) atoms. The Kier molecular flexibility index (Phi) is 2.44. The van der Waals surface area contributed by atoms with Crippen molar-refractivity contribution in [1.82, 2.24) is 14.5 Å². The Labute approximate surface area is 91.4 Å². The van der Waals surface area contributed by atoms with E-state index in [1.54, 1.807) is 18.3 Å². The van der Waals surface area contributed by atoms with Crippen LogP contribution in [0.15, 0.2) is 34.1 Å². The molecule has 1 N–H and O–H groups in total. The van der Waals surface area contributed by atoms with Crippen molar-refractivity contribution in [1.29, 1.82) is 0 Å². The van der Waals surface area contributed by atoms with Crippen LogP contribution in [0.5, 0.6) is 0 Å². The predicted molar refractivity (Wildman–Crippen MR) is 60.3 cm³/mol. The summed E-state index contributed by atoms with van der Waals surface area (Å²) in [5, 5.41) is 0. The highest BCUT2D eigenvalue weighted by atomic mass is 16.2. The van der Waals surface area contributed by atoms with Crippen molar-refractivity contribution in [3.8, 4) is 11.1 Å². The fraction of sp³-hybridized carbons (Fsp3) is 0.182. The third-order valence-electron chi connectivity index (χ3n) is 2.48. The standard InChI is InChI=1S/C11H11N3O2/c1-7-8(4-3-5-12-7)9-6-13-11(16)14(2)10(9)15/h3-6H,1-2H3,(H,13,16). The van der Waals surface area contributed by atoms with Gasteiger partial charge >= 0.3 is 5.69 Å². The van der Waals surface area contributed by atoms with Crippen LogP contribution in [-0.2, 0) is 7.05 Å². The van der Waals surface area contributed by atoms with E-state index in [1.807, 2.05) is 6.92 Å². The molecule has 5 heteroatoms. The first kappa shape index (κ1) is 10.4. The number of pyridine rings is 1. The molecule has 0 bridgehead atoms. The van der Waals surface area contributed by atoms with Gasteiger partial charge in [-0.1, -0.05) is 6.07 Å². The lowest BCUT2D eigenvalue weighted by atomic mass is 10.1. The maximum Gasteiger partial charge on any atom is 0.328 e. The van der Waals surface area contributed by atoms with Crippen molar-refractivity contribution in [2.75, 3.05) is 0 Å². The van der Waals surface area contributed by atoms with Gasteiger partial charge in [-0.15, -0.1) is 0 Å². The van der Waals surface area contributed by atoms with Crippen LogP contribution in [0.4, 0.5) is 0 Å². The van der Waals surface area contributed by atoms with E-state index in [1.165, 1.54) is 13.2 Å². The highest BCUT2D eigenvalue weighted by Crippen LogP contribution is 2.15. The third-order valence-corrected chi connectivity index (χ3v) is 2.48. The first-order valence-corrected chi connectivity index (χ1v) is 4.82. The fourth-order valence-corrected chi connectivity index (χ4v) is 1.53. The van der Waals surface area contributed by atoms with Gasteiger partial charge in [-0.2, -0.15) is 0 Å².